The van der Waals surface area contributed by atoms with Crippen LogP contribution in [0, 0.1) is 9.39 Å². The molecule has 0 heterocycles. The highest BCUT2D eigenvalue weighted by Gasteiger charge is 2.33. The van der Waals surface area contributed by atoms with E-state index in [0.717, 1.165) is 12.1 Å². The van der Waals surface area contributed by atoms with Gasteiger partial charge in [-0.3, -0.25) is 4.79 Å². The Morgan fingerprint density at radius 2 is 1.73 bits per heavy atom. The van der Waals surface area contributed by atoms with Crippen LogP contribution in [0.15, 0.2) is 30.3 Å². The molecule has 4 nitrogen and oxygen atoms in total. The molecule has 0 unspecified atom stereocenters. The summed E-state index contributed by atoms with van der Waals surface area (Å²) in [5.74, 6) is -0.850. The Hall–Kier alpha value is -2.04. The first-order chi connectivity index (χ1) is 12.2. The summed E-state index contributed by atoms with van der Waals surface area (Å²) in [4.78, 5) is 12.4. The van der Waals surface area contributed by atoms with Crippen molar-refractivity contribution in [3.63, 3.8) is 0 Å². The molecule has 0 aliphatic rings. The van der Waals surface area contributed by atoms with Crippen molar-refractivity contribution in [1.82, 2.24) is 5.32 Å². The zero-order valence-electron chi connectivity index (χ0n) is 13.7. The molecule has 1 amide bonds. The Morgan fingerprint density at radius 1 is 1.12 bits per heavy atom. The summed E-state index contributed by atoms with van der Waals surface area (Å²) >= 11 is 1.91. The van der Waals surface area contributed by atoms with Gasteiger partial charge in [0.1, 0.15) is 5.82 Å². The van der Waals surface area contributed by atoms with Gasteiger partial charge in [-0.2, -0.15) is 13.2 Å². The third-order valence-corrected chi connectivity index (χ3v) is 4.43. The molecule has 9 heteroatoms. The molecule has 0 aliphatic heterocycles. The summed E-state index contributed by atoms with van der Waals surface area (Å²) in [7, 11) is 2.85. The molecule has 0 radical (unpaired) electrons. The van der Waals surface area contributed by atoms with E-state index < -0.39 is 30.0 Å². The SMILES string of the molecule is COc1cc(I)c(C(=O)NCc2ccc(F)cc2C(F)(F)F)cc1OC. The molecular formula is C17H14F4INO3. The maximum Gasteiger partial charge on any atom is 0.416 e. The summed E-state index contributed by atoms with van der Waals surface area (Å²) in [6.07, 6.45) is -4.72. The van der Waals surface area contributed by atoms with Crippen molar-refractivity contribution in [3.05, 3.63) is 56.4 Å². The van der Waals surface area contributed by atoms with Crippen LogP contribution in [0.1, 0.15) is 21.5 Å². The second-order valence-corrected chi connectivity index (χ2v) is 6.33. The number of amides is 1. The molecule has 2 aromatic carbocycles. The molecule has 0 aromatic heterocycles. The van der Waals surface area contributed by atoms with Gasteiger partial charge in [-0.15, -0.1) is 0 Å². The minimum absolute atomic E-state index is 0.221. The average molecular weight is 483 g/mol. The molecule has 140 valence electrons. The van der Waals surface area contributed by atoms with Gasteiger partial charge in [0.05, 0.1) is 25.3 Å². The fourth-order valence-electron chi connectivity index (χ4n) is 2.27. The molecule has 2 aromatic rings. The summed E-state index contributed by atoms with van der Waals surface area (Å²) in [5, 5.41) is 2.41. The molecule has 0 spiro atoms. The van der Waals surface area contributed by atoms with Gasteiger partial charge < -0.3 is 14.8 Å². The third kappa shape index (κ3) is 4.57. The van der Waals surface area contributed by atoms with E-state index >= 15 is 0 Å². The smallest absolute Gasteiger partial charge is 0.416 e. The number of halogens is 5. The number of benzene rings is 2. The second-order valence-electron chi connectivity index (χ2n) is 5.17. The number of nitrogens with one attached hydrogen (secondary N) is 1. The minimum atomic E-state index is -4.72. The van der Waals surface area contributed by atoms with E-state index in [1.165, 1.54) is 20.3 Å². The first kappa shape index (κ1) is 20.3. The topological polar surface area (TPSA) is 47.6 Å². The highest BCUT2D eigenvalue weighted by molar-refractivity contribution is 14.1. The van der Waals surface area contributed by atoms with E-state index in [9.17, 15) is 22.4 Å². The largest absolute Gasteiger partial charge is 0.493 e. The molecule has 0 aliphatic carbocycles. The van der Waals surface area contributed by atoms with E-state index in [2.05, 4.69) is 5.32 Å². The highest BCUT2D eigenvalue weighted by atomic mass is 127. The van der Waals surface area contributed by atoms with Crippen LogP contribution in [0.2, 0.25) is 0 Å². The van der Waals surface area contributed by atoms with E-state index in [1.807, 2.05) is 22.6 Å². The number of hydrogen-bond acceptors (Lipinski definition) is 3. The number of carbonyl (C=O) groups excluding carboxylic acids is 1. The van der Waals surface area contributed by atoms with Crippen molar-refractivity contribution in [2.75, 3.05) is 14.2 Å². The fraction of sp³-hybridized carbons (Fsp3) is 0.235. The number of carbonyl (C=O) groups is 1. The first-order valence-corrected chi connectivity index (χ1v) is 8.30. The van der Waals surface area contributed by atoms with Gasteiger partial charge in [-0.05, 0) is 52.4 Å². The third-order valence-electron chi connectivity index (χ3n) is 3.53. The number of methoxy groups -OCH3 is 2. The lowest BCUT2D eigenvalue weighted by atomic mass is 10.1. The lowest BCUT2D eigenvalue weighted by Gasteiger charge is -2.15. The van der Waals surface area contributed by atoms with Gasteiger partial charge in [0.2, 0.25) is 0 Å². The Balaban J connectivity index is 2.25. The van der Waals surface area contributed by atoms with Gasteiger partial charge in [-0.25, -0.2) is 4.39 Å². The molecule has 0 bridgehead atoms. The van der Waals surface area contributed by atoms with E-state index in [4.69, 9.17) is 9.47 Å². The van der Waals surface area contributed by atoms with Gasteiger partial charge >= 0.3 is 6.18 Å². The van der Waals surface area contributed by atoms with Crippen LogP contribution < -0.4 is 14.8 Å². The Morgan fingerprint density at radius 3 is 2.31 bits per heavy atom. The number of ether oxygens (including phenoxy) is 2. The van der Waals surface area contributed by atoms with Crippen molar-refractivity contribution in [1.29, 1.82) is 0 Å². The summed E-state index contributed by atoms with van der Waals surface area (Å²) in [6.45, 7) is -0.404. The predicted octanol–water partition coefficient (Wildman–Crippen LogP) is 4.40. The lowest BCUT2D eigenvalue weighted by Crippen LogP contribution is -2.25. The van der Waals surface area contributed by atoms with E-state index in [0.29, 0.717) is 21.1 Å². The standard InChI is InChI=1S/C17H14F4INO3/c1-25-14-6-11(13(22)7-15(14)26-2)16(24)23-8-9-3-4-10(18)5-12(9)17(19,20)21/h3-7H,8H2,1-2H3,(H,23,24). The van der Waals surface area contributed by atoms with Crippen molar-refractivity contribution in [2.45, 2.75) is 12.7 Å². The van der Waals surface area contributed by atoms with Gasteiger partial charge in [-0.1, -0.05) is 6.07 Å². The van der Waals surface area contributed by atoms with E-state index in [-0.39, 0.29) is 11.1 Å². The predicted molar refractivity (Wildman–Crippen MR) is 94.8 cm³/mol. The Labute approximate surface area is 160 Å². The van der Waals surface area contributed by atoms with Gasteiger partial charge in [0.15, 0.2) is 11.5 Å². The molecule has 26 heavy (non-hydrogen) atoms. The highest BCUT2D eigenvalue weighted by Crippen LogP contribution is 2.33. The van der Waals surface area contributed by atoms with Crippen molar-refractivity contribution in [2.24, 2.45) is 0 Å². The number of rotatable bonds is 5. The molecule has 0 fully saturated rings. The molecule has 0 saturated heterocycles. The summed E-state index contributed by atoms with van der Waals surface area (Å²) in [6, 6.07) is 5.33. The first-order valence-electron chi connectivity index (χ1n) is 7.22. The summed E-state index contributed by atoms with van der Waals surface area (Å²) in [5.41, 5.74) is -1.14. The van der Waals surface area contributed by atoms with Crippen LogP contribution in [-0.2, 0) is 12.7 Å². The quantitative estimate of drug-likeness (QED) is 0.507. The van der Waals surface area contributed by atoms with Crippen LogP contribution in [0.4, 0.5) is 17.6 Å². The Kier molecular flexibility index (Phi) is 6.32. The molecule has 2 rings (SSSR count). The summed E-state index contributed by atoms with van der Waals surface area (Å²) < 4.78 is 62.9. The van der Waals surface area contributed by atoms with Crippen LogP contribution >= 0.6 is 22.6 Å². The molecular weight excluding hydrogens is 469 g/mol. The zero-order chi connectivity index (χ0) is 19.5. The minimum Gasteiger partial charge on any atom is -0.493 e. The fourth-order valence-corrected chi connectivity index (χ4v) is 2.95. The monoisotopic (exact) mass is 483 g/mol. The number of alkyl halides is 3. The van der Waals surface area contributed by atoms with Crippen LogP contribution in [-0.4, -0.2) is 20.1 Å². The molecule has 0 atom stereocenters. The van der Waals surface area contributed by atoms with E-state index in [1.54, 1.807) is 6.07 Å². The number of hydrogen-bond donors (Lipinski definition) is 1. The normalized spacial score (nSPS) is 11.2. The molecule has 0 saturated carbocycles. The molecule has 1 N–H and O–H groups in total. The van der Waals surface area contributed by atoms with Crippen molar-refractivity contribution >= 4 is 28.5 Å². The van der Waals surface area contributed by atoms with Gasteiger partial charge in [0, 0.05) is 10.1 Å². The van der Waals surface area contributed by atoms with Crippen LogP contribution in [0.5, 0.6) is 11.5 Å². The van der Waals surface area contributed by atoms with Crippen molar-refractivity contribution in [3.8, 4) is 11.5 Å². The van der Waals surface area contributed by atoms with Crippen molar-refractivity contribution < 1.29 is 31.8 Å². The zero-order valence-corrected chi connectivity index (χ0v) is 15.9. The average Bonchev–Trinajstić information content (AvgIpc) is 2.59. The Bertz CT molecular complexity index is 824. The maximum absolute atomic E-state index is 13.1. The lowest BCUT2D eigenvalue weighted by molar-refractivity contribution is -0.138. The van der Waals surface area contributed by atoms with Gasteiger partial charge in [0.25, 0.3) is 5.91 Å². The second kappa shape index (κ2) is 8.11. The maximum atomic E-state index is 13.1. The van der Waals surface area contributed by atoms with Crippen LogP contribution in [0.3, 0.4) is 0 Å². The van der Waals surface area contributed by atoms with Crippen LogP contribution in [0.25, 0.3) is 0 Å².